The summed E-state index contributed by atoms with van der Waals surface area (Å²) in [5.41, 5.74) is 4.13. The van der Waals surface area contributed by atoms with Crippen LogP contribution in [0.4, 0.5) is 5.95 Å². The first-order valence-corrected chi connectivity index (χ1v) is 8.48. The number of nitrogens with zero attached hydrogens (tertiary/aromatic N) is 4. The lowest BCUT2D eigenvalue weighted by molar-refractivity contribution is -0.306. The number of benzene rings is 1. The van der Waals surface area contributed by atoms with Crippen molar-refractivity contribution in [1.82, 2.24) is 19.5 Å². The average molecular weight is 348 g/mol. The van der Waals surface area contributed by atoms with Gasteiger partial charge in [0.15, 0.2) is 0 Å². The molecule has 0 radical (unpaired) electrons. The van der Waals surface area contributed by atoms with Crippen molar-refractivity contribution < 1.29 is 9.90 Å². The number of nitrogens with one attached hydrogen (secondary N) is 1. The number of anilines is 1. The number of carbonyl (C=O) groups is 1. The van der Waals surface area contributed by atoms with E-state index in [0.717, 1.165) is 18.4 Å². The maximum absolute atomic E-state index is 10.8. The van der Waals surface area contributed by atoms with E-state index in [4.69, 9.17) is 0 Å². The van der Waals surface area contributed by atoms with E-state index in [9.17, 15) is 9.90 Å². The predicted molar refractivity (Wildman–Crippen MR) is 94.3 cm³/mol. The quantitative estimate of drug-likeness (QED) is 0.738. The number of aryl methyl sites for hydroxylation is 1. The summed E-state index contributed by atoms with van der Waals surface area (Å²) in [6.07, 6.45) is 7.00. The number of carboxylic acids is 1. The van der Waals surface area contributed by atoms with E-state index in [1.54, 1.807) is 25.5 Å². The molecule has 0 unspecified atom stereocenters. The van der Waals surface area contributed by atoms with Crippen LogP contribution in [0.15, 0.2) is 42.9 Å². The largest absolute Gasteiger partial charge is 0.548 e. The smallest absolute Gasteiger partial charge is 0.222 e. The summed E-state index contributed by atoms with van der Waals surface area (Å²) in [5, 5.41) is 14.1. The van der Waals surface area contributed by atoms with Gasteiger partial charge < -0.3 is 19.8 Å². The van der Waals surface area contributed by atoms with Crippen LogP contribution in [-0.2, 0) is 24.2 Å². The van der Waals surface area contributed by atoms with Gasteiger partial charge in [0, 0.05) is 30.2 Å². The predicted octanol–water partition coefficient (Wildman–Crippen LogP) is 0.978. The zero-order valence-corrected chi connectivity index (χ0v) is 14.3. The van der Waals surface area contributed by atoms with E-state index in [1.165, 1.54) is 15.7 Å². The number of hydrogen-bond donors (Lipinski definition) is 1. The van der Waals surface area contributed by atoms with Gasteiger partial charge >= 0.3 is 0 Å². The minimum atomic E-state index is -1.15. The molecule has 2 aromatic heterocycles. The Kier molecular flexibility index (Phi) is 4.12. The monoisotopic (exact) mass is 348 g/mol. The van der Waals surface area contributed by atoms with Gasteiger partial charge in [0.05, 0.1) is 18.2 Å². The summed E-state index contributed by atoms with van der Waals surface area (Å²) in [6.45, 7) is 1.53. The third-order valence-corrected chi connectivity index (χ3v) is 4.61. The molecule has 0 atom stereocenters. The fourth-order valence-corrected chi connectivity index (χ4v) is 3.32. The minimum absolute atomic E-state index is 0.221. The maximum Gasteiger partial charge on any atom is 0.222 e. The number of imidazole rings is 1. The molecule has 2 heterocycles. The molecule has 0 saturated heterocycles. The molecule has 1 aliphatic carbocycles. The van der Waals surface area contributed by atoms with Crippen LogP contribution in [0, 0.1) is 6.92 Å². The van der Waals surface area contributed by atoms with E-state index in [-0.39, 0.29) is 6.54 Å². The van der Waals surface area contributed by atoms with Crippen molar-refractivity contribution >= 4 is 11.9 Å². The Labute approximate surface area is 150 Å². The van der Waals surface area contributed by atoms with Gasteiger partial charge in [0.2, 0.25) is 5.95 Å². The lowest BCUT2D eigenvalue weighted by atomic mass is 10.1. The Balaban J connectivity index is 1.45. The van der Waals surface area contributed by atoms with E-state index in [2.05, 4.69) is 44.5 Å². The molecule has 0 aliphatic heterocycles. The number of carbonyl (C=O) groups excluding carboxylic acids is 1. The summed E-state index contributed by atoms with van der Waals surface area (Å²) in [6, 6.07) is 8.74. The number of aliphatic carboxylic acids is 1. The van der Waals surface area contributed by atoms with Gasteiger partial charge in [-0.05, 0) is 30.9 Å². The molecule has 1 N–H and O–H groups in total. The highest BCUT2D eigenvalue weighted by molar-refractivity contribution is 5.65. The standard InChI is InChI=1S/C19H19N5O2/c1-12-22-17(10-24(12)11-18(25)26)15-8-20-19(21-9-15)23-16-6-13-4-2-3-5-14(13)7-16/h2-5,8-10,16H,6-7,11H2,1H3,(H,25,26)(H,20,21,23)/p-1. The number of hydrogen-bond acceptors (Lipinski definition) is 6. The van der Waals surface area contributed by atoms with Crippen LogP contribution in [0.2, 0.25) is 0 Å². The fraction of sp³-hybridized carbons (Fsp3) is 0.263. The van der Waals surface area contributed by atoms with Crippen molar-refractivity contribution in [3.63, 3.8) is 0 Å². The Morgan fingerprint density at radius 3 is 2.50 bits per heavy atom. The first kappa shape index (κ1) is 16.3. The lowest BCUT2D eigenvalue weighted by Crippen LogP contribution is -2.27. The molecule has 0 saturated carbocycles. The third kappa shape index (κ3) is 3.28. The van der Waals surface area contributed by atoms with Crippen LogP contribution in [0.3, 0.4) is 0 Å². The van der Waals surface area contributed by atoms with Crippen LogP contribution in [0.1, 0.15) is 17.0 Å². The first-order chi connectivity index (χ1) is 12.6. The number of rotatable bonds is 5. The van der Waals surface area contributed by atoms with Crippen molar-refractivity contribution in [1.29, 1.82) is 0 Å². The second-order valence-electron chi connectivity index (χ2n) is 6.49. The third-order valence-electron chi connectivity index (χ3n) is 4.61. The molecule has 26 heavy (non-hydrogen) atoms. The highest BCUT2D eigenvalue weighted by atomic mass is 16.4. The molecule has 0 fully saturated rings. The highest BCUT2D eigenvalue weighted by Crippen LogP contribution is 2.24. The molecule has 0 bridgehead atoms. The topological polar surface area (TPSA) is 95.8 Å². The van der Waals surface area contributed by atoms with Crippen molar-refractivity contribution in [2.75, 3.05) is 5.32 Å². The molecule has 4 rings (SSSR count). The van der Waals surface area contributed by atoms with Gasteiger partial charge in [-0.2, -0.15) is 0 Å². The SMILES string of the molecule is Cc1nc(-c2cnc(NC3Cc4ccccc4C3)nc2)cn1CC(=O)[O-]. The molecule has 132 valence electrons. The molecule has 3 aromatic rings. The number of aromatic nitrogens is 4. The van der Waals surface area contributed by atoms with Crippen molar-refractivity contribution in [3.8, 4) is 11.3 Å². The van der Waals surface area contributed by atoms with E-state index in [0.29, 0.717) is 23.5 Å². The Morgan fingerprint density at radius 1 is 1.23 bits per heavy atom. The summed E-state index contributed by atoms with van der Waals surface area (Å²) < 4.78 is 1.53. The second kappa shape index (κ2) is 6.59. The zero-order valence-electron chi connectivity index (χ0n) is 14.3. The number of carboxylic acid groups (broad SMARTS) is 1. The average Bonchev–Trinajstić information content (AvgIpc) is 3.18. The summed E-state index contributed by atoms with van der Waals surface area (Å²) in [5.74, 6) is 0.0398. The lowest BCUT2D eigenvalue weighted by Gasteiger charge is -2.11. The molecule has 1 aliphatic rings. The van der Waals surface area contributed by atoms with Gasteiger partial charge in [-0.15, -0.1) is 0 Å². The molecular formula is C19H18N5O2-. The van der Waals surface area contributed by atoms with Gasteiger partial charge in [-0.1, -0.05) is 24.3 Å². The van der Waals surface area contributed by atoms with Crippen LogP contribution in [-0.4, -0.2) is 31.5 Å². The first-order valence-electron chi connectivity index (χ1n) is 8.48. The Bertz CT molecular complexity index is 924. The van der Waals surface area contributed by atoms with Crippen molar-refractivity contribution in [2.45, 2.75) is 32.4 Å². The molecule has 0 amide bonds. The summed E-state index contributed by atoms with van der Waals surface area (Å²) in [7, 11) is 0. The van der Waals surface area contributed by atoms with E-state index in [1.807, 2.05) is 0 Å². The van der Waals surface area contributed by atoms with Crippen LogP contribution < -0.4 is 10.4 Å². The maximum atomic E-state index is 10.8. The van der Waals surface area contributed by atoms with Gasteiger partial charge in [0.25, 0.3) is 0 Å². The van der Waals surface area contributed by atoms with Crippen molar-refractivity contribution in [3.05, 3.63) is 59.8 Å². The van der Waals surface area contributed by atoms with Crippen LogP contribution in [0.5, 0.6) is 0 Å². The van der Waals surface area contributed by atoms with E-state index < -0.39 is 5.97 Å². The second-order valence-corrected chi connectivity index (χ2v) is 6.49. The summed E-state index contributed by atoms with van der Waals surface area (Å²) >= 11 is 0. The minimum Gasteiger partial charge on any atom is -0.548 e. The van der Waals surface area contributed by atoms with Crippen LogP contribution in [0.25, 0.3) is 11.3 Å². The van der Waals surface area contributed by atoms with E-state index >= 15 is 0 Å². The molecule has 7 nitrogen and oxygen atoms in total. The van der Waals surface area contributed by atoms with Gasteiger partial charge in [-0.25, -0.2) is 15.0 Å². The molecule has 7 heteroatoms. The Hall–Kier alpha value is -3.22. The van der Waals surface area contributed by atoms with Gasteiger partial charge in [-0.3, -0.25) is 0 Å². The normalized spacial score (nSPS) is 13.6. The highest BCUT2D eigenvalue weighted by Gasteiger charge is 2.21. The Morgan fingerprint density at radius 2 is 1.88 bits per heavy atom. The summed E-state index contributed by atoms with van der Waals surface area (Å²) in [4.78, 5) is 23.9. The molecule has 1 aromatic carbocycles. The fourth-order valence-electron chi connectivity index (χ4n) is 3.32. The molecule has 0 spiro atoms. The zero-order chi connectivity index (χ0) is 18.1. The van der Waals surface area contributed by atoms with Gasteiger partial charge in [0.1, 0.15) is 5.82 Å². The number of fused-ring (bicyclic) bond motifs is 1. The van der Waals surface area contributed by atoms with Crippen LogP contribution >= 0.6 is 0 Å². The van der Waals surface area contributed by atoms with Crippen molar-refractivity contribution in [2.24, 2.45) is 0 Å². The molecular weight excluding hydrogens is 330 g/mol.